The maximum atomic E-state index is 9.60. The quantitative estimate of drug-likeness (QED) is 0.855. The average molecular weight is 237 g/mol. The molecular weight excluding hydrogens is 218 g/mol. The third-order valence-electron chi connectivity index (χ3n) is 3.32. The summed E-state index contributed by atoms with van der Waals surface area (Å²) in [5.74, 6) is 1.54. The van der Waals surface area contributed by atoms with Crippen molar-refractivity contribution >= 4 is 11.8 Å². The van der Waals surface area contributed by atoms with Crippen LogP contribution in [0.25, 0.3) is 0 Å². The highest BCUT2D eigenvalue weighted by Crippen LogP contribution is 2.43. The Kier molecular flexibility index (Phi) is 3.45. The van der Waals surface area contributed by atoms with Crippen molar-refractivity contribution in [1.29, 1.82) is 0 Å². The zero-order chi connectivity index (χ0) is 11.6. The van der Waals surface area contributed by atoms with Gasteiger partial charge in [0.15, 0.2) is 0 Å². The molecule has 0 amide bonds. The van der Waals surface area contributed by atoms with E-state index in [1.807, 2.05) is 23.9 Å². The summed E-state index contributed by atoms with van der Waals surface area (Å²) in [5.41, 5.74) is 1.26. The standard InChI is InChI=1S/C13H19NOS/c1-3-13(10-14(2)7-8-16-13)11-5-4-6-12(15)9-11/h4-6,9,15H,3,7-8,10H2,1-2H3. The van der Waals surface area contributed by atoms with E-state index < -0.39 is 0 Å². The Labute approximate surface area is 102 Å². The molecular formula is C13H19NOS. The molecule has 1 aliphatic heterocycles. The van der Waals surface area contributed by atoms with E-state index in [-0.39, 0.29) is 4.75 Å². The van der Waals surface area contributed by atoms with Crippen LogP contribution in [0.4, 0.5) is 0 Å². The van der Waals surface area contributed by atoms with Crippen LogP contribution in [0.3, 0.4) is 0 Å². The van der Waals surface area contributed by atoms with Crippen molar-refractivity contribution in [2.75, 3.05) is 25.9 Å². The van der Waals surface area contributed by atoms with Crippen molar-refractivity contribution < 1.29 is 5.11 Å². The Morgan fingerprint density at radius 2 is 2.31 bits per heavy atom. The number of likely N-dealkylation sites (N-methyl/N-ethyl adjacent to an activating group) is 1. The molecule has 1 atom stereocenters. The lowest BCUT2D eigenvalue weighted by Gasteiger charge is -2.41. The van der Waals surface area contributed by atoms with Gasteiger partial charge in [-0.25, -0.2) is 0 Å². The number of rotatable bonds is 2. The van der Waals surface area contributed by atoms with Crippen LogP contribution in [0.2, 0.25) is 0 Å². The minimum atomic E-state index is 0.158. The summed E-state index contributed by atoms with van der Waals surface area (Å²) in [4.78, 5) is 2.38. The zero-order valence-electron chi connectivity index (χ0n) is 9.94. The molecule has 1 heterocycles. The molecule has 0 saturated carbocycles. The first-order valence-electron chi connectivity index (χ1n) is 5.78. The summed E-state index contributed by atoms with van der Waals surface area (Å²) in [6.07, 6.45) is 1.10. The van der Waals surface area contributed by atoms with Crippen molar-refractivity contribution in [3.63, 3.8) is 0 Å². The molecule has 0 radical (unpaired) electrons. The normalized spacial score (nSPS) is 26.9. The summed E-state index contributed by atoms with van der Waals surface area (Å²) in [6.45, 7) is 4.46. The second-order valence-electron chi connectivity index (χ2n) is 4.48. The minimum absolute atomic E-state index is 0.158. The summed E-state index contributed by atoms with van der Waals surface area (Å²) in [5, 5.41) is 9.60. The van der Waals surface area contributed by atoms with Gasteiger partial charge in [0.25, 0.3) is 0 Å². The first kappa shape index (κ1) is 11.8. The molecule has 16 heavy (non-hydrogen) atoms. The highest BCUT2D eigenvalue weighted by molar-refractivity contribution is 8.00. The molecule has 88 valence electrons. The molecule has 1 unspecified atom stereocenters. The Morgan fingerprint density at radius 1 is 1.50 bits per heavy atom. The van der Waals surface area contributed by atoms with Crippen LogP contribution in [0.5, 0.6) is 5.75 Å². The van der Waals surface area contributed by atoms with Crippen LogP contribution in [0.15, 0.2) is 24.3 Å². The van der Waals surface area contributed by atoms with Gasteiger partial charge in [0.05, 0.1) is 4.75 Å². The van der Waals surface area contributed by atoms with E-state index >= 15 is 0 Å². The van der Waals surface area contributed by atoms with Gasteiger partial charge < -0.3 is 10.0 Å². The number of phenolic OH excluding ortho intramolecular Hbond substituents is 1. The lowest BCUT2D eigenvalue weighted by molar-refractivity contribution is 0.294. The summed E-state index contributed by atoms with van der Waals surface area (Å²) in [6, 6.07) is 7.73. The van der Waals surface area contributed by atoms with Crippen molar-refractivity contribution in [3.05, 3.63) is 29.8 Å². The topological polar surface area (TPSA) is 23.5 Å². The number of benzene rings is 1. The number of phenols is 1. The highest BCUT2D eigenvalue weighted by atomic mass is 32.2. The SMILES string of the molecule is CCC1(c2cccc(O)c2)CN(C)CCS1. The summed E-state index contributed by atoms with van der Waals surface area (Å²) in [7, 11) is 2.17. The molecule has 0 spiro atoms. The van der Waals surface area contributed by atoms with E-state index in [9.17, 15) is 5.11 Å². The van der Waals surface area contributed by atoms with Gasteiger partial charge in [0.2, 0.25) is 0 Å². The third-order valence-corrected chi connectivity index (χ3v) is 4.91. The van der Waals surface area contributed by atoms with Gasteiger partial charge >= 0.3 is 0 Å². The van der Waals surface area contributed by atoms with Crippen LogP contribution >= 0.6 is 11.8 Å². The van der Waals surface area contributed by atoms with Gasteiger partial charge in [-0.1, -0.05) is 19.1 Å². The van der Waals surface area contributed by atoms with Gasteiger partial charge in [-0.05, 0) is 31.2 Å². The number of nitrogens with zero attached hydrogens (tertiary/aromatic N) is 1. The molecule has 1 aliphatic rings. The largest absolute Gasteiger partial charge is 0.508 e. The molecule has 1 saturated heterocycles. The van der Waals surface area contributed by atoms with Crippen LogP contribution in [-0.2, 0) is 4.75 Å². The van der Waals surface area contributed by atoms with Gasteiger partial charge in [-0.15, -0.1) is 11.8 Å². The Balaban J connectivity index is 2.33. The first-order valence-corrected chi connectivity index (χ1v) is 6.77. The monoisotopic (exact) mass is 237 g/mol. The number of thioether (sulfide) groups is 1. The van der Waals surface area contributed by atoms with Gasteiger partial charge in [-0.3, -0.25) is 0 Å². The predicted octanol–water partition coefficient (Wildman–Crippen LogP) is 2.68. The highest BCUT2D eigenvalue weighted by Gasteiger charge is 2.35. The molecule has 1 N–H and O–H groups in total. The molecule has 1 aromatic rings. The lowest BCUT2D eigenvalue weighted by atomic mass is 9.94. The maximum absolute atomic E-state index is 9.60. The average Bonchev–Trinajstić information content (AvgIpc) is 2.29. The predicted molar refractivity (Wildman–Crippen MR) is 70.0 cm³/mol. The molecule has 2 rings (SSSR count). The summed E-state index contributed by atoms with van der Waals surface area (Å²) < 4.78 is 0.158. The van der Waals surface area contributed by atoms with E-state index in [4.69, 9.17) is 0 Å². The van der Waals surface area contributed by atoms with Crippen molar-refractivity contribution in [3.8, 4) is 5.75 Å². The molecule has 1 fully saturated rings. The number of hydrogen-bond acceptors (Lipinski definition) is 3. The van der Waals surface area contributed by atoms with Crippen LogP contribution in [-0.4, -0.2) is 35.9 Å². The lowest BCUT2D eigenvalue weighted by Crippen LogP contribution is -2.42. The van der Waals surface area contributed by atoms with E-state index in [1.54, 1.807) is 6.07 Å². The fourth-order valence-electron chi connectivity index (χ4n) is 2.34. The molecule has 1 aromatic carbocycles. The second-order valence-corrected chi connectivity index (χ2v) is 5.96. The Hall–Kier alpha value is -0.670. The fraction of sp³-hybridized carbons (Fsp3) is 0.538. The van der Waals surface area contributed by atoms with Gasteiger partial charge in [-0.2, -0.15) is 0 Å². The maximum Gasteiger partial charge on any atom is 0.115 e. The Morgan fingerprint density at radius 3 is 2.94 bits per heavy atom. The summed E-state index contributed by atoms with van der Waals surface area (Å²) >= 11 is 2.02. The zero-order valence-corrected chi connectivity index (χ0v) is 10.8. The van der Waals surface area contributed by atoms with E-state index in [1.165, 1.54) is 11.3 Å². The van der Waals surface area contributed by atoms with Crippen molar-refractivity contribution in [2.24, 2.45) is 0 Å². The van der Waals surface area contributed by atoms with E-state index in [0.717, 1.165) is 19.5 Å². The molecule has 2 nitrogen and oxygen atoms in total. The second kappa shape index (κ2) is 4.68. The number of aromatic hydroxyl groups is 1. The van der Waals surface area contributed by atoms with Crippen molar-refractivity contribution in [1.82, 2.24) is 4.90 Å². The molecule has 0 aliphatic carbocycles. The Bertz CT molecular complexity index is 369. The fourth-order valence-corrected chi connectivity index (χ4v) is 3.94. The van der Waals surface area contributed by atoms with Crippen molar-refractivity contribution in [2.45, 2.75) is 18.1 Å². The van der Waals surface area contributed by atoms with Crippen LogP contribution < -0.4 is 0 Å². The van der Waals surface area contributed by atoms with E-state index in [0.29, 0.717) is 5.75 Å². The van der Waals surface area contributed by atoms with Crippen LogP contribution in [0, 0.1) is 0 Å². The molecule has 0 aromatic heterocycles. The third kappa shape index (κ3) is 2.20. The molecule has 0 bridgehead atoms. The molecule has 3 heteroatoms. The van der Waals surface area contributed by atoms with Gasteiger partial charge in [0, 0.05) is 18.8 Å². The number of hydrogen-bond donors (Lipinski definition) is 1. The first-order chi connectivity index (χ1) is 7.66. The van der Waals surface area contributed by atoms with Crippen LogP contribution in [0.1, 0.15) is 18.9 Å². The minimum Gasteiger partial charge on any atom is -0.508 e. The van der Waals surface area contributed by atoms with E-state index in [2.05, 4.69) is 24.9 Å². The smallest absolute Gasteiger partial charge is 0.115 e. The van der Waals surface area contributed by atoms with Gasteiger partial charge in [0.1, 0.15) is 5.75 Å².